The molecule has 0 spiro atoms. The molecule has 0 aromatic carbocycles. The summed E-state index contributed by atoms with van der Waals surface area (Å²) in [6.45, 7) is 3.77. The van der Waals surface area contributed by atoms with Gasteiger partial charge in [0.2, 0.25) is 5.95 Å². The lowest BCUT2D eigenvalue weighted by Crippen LogP contribution is -2.53. The molecular weight excluding hydrogens is 410 g/mol. The summed E-state index contributed by atoms with van der Waals surface area (Å²) < 4.78 is 3.52. The Labute approximate surface area is 184 Å². The van der Waals surface area contributed by atoms with Crippen molar-refractivity contribution in [3.8, 4) is 0 Å². The van der Waals surface area contributed by atoms with E-state index in [0.717, 1.165) is 0 Å². The molecule has 3 aromatic heterocycles. The van der Waals surface area contributed by atoms with Gasteiger partial charge in [0.25, 0.3) is 17.4 Å². The van der Waals surface area contributed by atoms with Crippen molar-refractivity contribution in [2.75, 3.05) is 15.5 Å². The normalized spacial score (nSPS) is 17.3. The Bertz CT molecular complexity index is 1270. The molecule has 1 aliphatic heterocycles. The Balaban J connectivity index is 1.71. The number of anilines is 3. The number of nitrogens with one attached hydrogen (secondary N) is 3. The first kappa shape index (κ1) is 21.2. The van der Waals surface area contributed by atoms with E-state index in [1.165, 1.54) is 4.90 Å². The molecule has 10 heteroatoms. The van der Waals surface area contributed by atoms with Crippen molar-refractivity contribution in [3.63, 3.8) is 0 Å². The number of aromatic nitrogens is 4. The van der Waals surface area contributed by atoms with E-state index in [2.05, 4.69) is 20.6 Å². The molecule has 0 saturated heterocycles. The zero-order valence-electron chi connectivity index (χ0n) is 18.3. The van der Waals surface area contributed by atoms with E-state index in [-0.39, 0.29) is 35.4 Å². The summed E-state index contributed by atoms with van der Waals surface area (Å²) in [5.74, 6) is -0.477. The second-order valence-corrected chi connectivity index (χ2v) is 7.93. The van der Waals surface area contributed by atoms with Gasteiger partial charge in [-0.1, -0.05) is 0 Å². The van der Waals surface area contributed by atoms with Crippen LogP contribution in [0.4, 0.5) is 17.5 Å². The van der Waals surface area contributed by atoms with Gasteiger partial charge in [-0.05, 0) is 26.0 Å². The maximum absolute atomic E-state index is 13.3. The molecule has 3 N–H and O–H groups in total. The molecule has 164 valence electrons. The van der Waals surface area contributed by atoms with Crippen molar-refractivity contribution in [1.29, 1.82) is 0 Å². The van der Waals surface area contributed by atoms with E-state index in [0.29, 0.717) is 11.1 Å². The van der Waals surface area contributed by atoms with Gasteiger partial charge in [-0.2, -0.15) is 4.98 Å². The number of H-pyrrole nitrogens is 1. The van der Waals surface area contributed by atoms with Crippen LogP contribution >= 0.6 is 0 Å². The van der Waals surface area contributed by atoms with E-state index in [9.17, 15) is 14.4 Å². The molecule has 0 radical (unpaired) electrons. The number of rotatable bonds is 3. The number of aryl methyl sites for hydroxylation is 2. The molecule has 4 heterocycles. The first-order valence-corrected chi connectivity index (χ1v) is 10.2. The lowest BCUT2D eigenvalue weighted by molar-refractivity contribution is -0.671. The van der Waals surface area contributed by atoms with Crippen LogP contribution in [-0.4, -0.2) is 33.9 Å². The summed E-state index contributed by atoms with van der Waals surface area (Å²) in [4.78, 5) is 47.4. The van der Waals surface area contributed by atoms with Gasteiger partial charge in [-0.15, -0.1) is 0 Å². The highest BCUT2D eigenvalue weighted by atomic mass is 16.2. The number of hydrogen-bond donors (Lipinski definition) is 3. The van der Waals surface area contributed by atoms with Gasteiger partial charge in [0.1, 0.15) is 25.2 Å². The molecule has 3 aromatic rings. The summed E-state index contributed by atoms with van der Waals surface area (Å²) in [6.07, 6.45) is 7.00. The highest BCUT2D eigenvalue weighted by molar-refractivity contribution is 6.08. The first-order chi connectivity index (χ1) is 15.2. The summed E-state index contributed by atoms with van der Waals surface area (Å²) >= 11 is 0. The van der Waals surface area contributed by atoms with Gasteiger partial charge < -0.3 is 5.32 Å². The van der Waals surface area contributed by atoms with Crippen molar-refractivity contribution >= 4 is 29.3 Å². The number of nitrogens with zero attached hydrogens (tertiary/aromatic N) is 4. The summed E-state index contributed by atoms with van der Waals surface area (Å²) in [5, 5.41) is 5.79. The molecule has 0 fully saturated rings. The summed E-state index contributed by atoms with van der Waals surface area (Å²) in [7, 11) is 3.63. The molecule has 0 saturated carbocycles. The van der Waals surface area contributed by atoms with E-state index in [1.54, 1.807) is 59.0 Å². The summed E-state index contributed by atoms with van der Waals surface area (Å²) in [5.41, 5.74) is 0.467. The molecule has 10 nitrogen and oxygen atoms in total. The molecular formula is C22H25N7O3+2. The minimum absolute atomic E-state index is 0.00183. The lowest BCUT2D eigenvalue weighted by atomic mass is 10.0. The van der Waals surface area contributed by atoms with Crippen molar-refractivity contribution in [2.24, 2.45) is 14.1 Å². The smallest absolute Gasteiger partial charge is 0.278 e. The Morgan fingerprint density at radius 1 is 1.06 bits per heavy atom. The van der Waals surface area contributed by atoms with Crippen LogP contribution in [0.3, 0.4) is 0 Å². The van der Waals surface area contributed by atoms with Crippen LogP contribution in [0.5, 0.6) is 0 Å². The third-order valence-corrected chi connectivity index (χ3v) is 5.47. The SMILES string of the molecule is C[C@@H]1Nc2nc(NC(=O)c3ccc[n+](C)c3)[nH]c(=O)c2N(C(=O)c2ccc[n+](C)c2)[C@@H]1C. The molecule has 0 aliphatic carbocycles. The van der Waals surface area contributed by atoms with Gasteiger partial charge in [0.15, 0.2) is 36.3 Å². The highest BCUT2D eigenvalue weighted by Gasteiger charge is 2.37. The maximum Gasteiger partial charge on any atom is 0.278 e. The summed E-state index contributed by atoms with van der Waals surface area (Å²) in [6, 6.07) is 6.42. The van der Waals surface area contributed by atoms with Gasteiger partial charge in [0, 0.05) is 18.2 Å². The third kappa shape index (κ3) is 3.94. The Kier molecular flexibility index (Phi) is 5.43. The van der Waals surface area contributed by atoms with Crippen LogP contribution < -0.4 is 30.2 Å². The number of aromatic amines is 1. The minimum atomic E-state index is -0.524. The number of carbonyl (C=O) groups excluding carboxylic acids is 2. The number of hydrogen-bond acceptors (Lipinski definition) is 5. The topological polar surface area (TPSA) is 115 Å². The van der Waals surface area contributed by atoms with Crippen molar-refractivity contribution in [3.05, 3.63) is 70.5 Å². The van der Waals surface area contributed by atoms with E-state index < -0.39 is 11.5 Å². The quantitative estimate of drug-likeness (QED) is 0.519. The third-order valence-electron chi connectivity index (χ3n) is 5.47. The Hall–Kier alpha value is -4.08. The number of pyridine rings is 2. The predicted octanol–water partition coefficient (Wildman–Crippen LogP) is 0.520. The van der Waals surface area contributed by atoms with E-state index >= 15 is 0 Å². The van der Waals surface area contributed by atoms with Crippen LogP contribution in [0.15, 0.2) is 53.8 Å². The average Bonchev–Trinajstić information content (AvgIpc) is 2.74. The fraction of sp³-hybridized carbons (Fsp3) is 0.273. The predicted molar refractivity (Wildman–Crippen MR) is 117 cm³/mol. The van der Waals surface area contributed by atoms with E-state index in [1.807, 2.05) is 27.1 Å². The Morgan fingerprint density at radius 2 is 1.69 bits per heavy atom. The van der Waals surface area contributed by atoms with Gasteiger partial charge in [-0.25, -0.2) is 9.13 Å². The van der Waals surface area contributed by atoms with Crippen molar-refractivity contribution in [2.45, 2.75) is 25.9 Å². The van der Waals surface area contributed by atoms with Crippen LogP contribution in [0.25, 0.3) is 0 Å². The molecule has 4 rings (SSSR count). The lowest BCUT2D eigenvalue weighted by Gasteiger charge is -2.38. The zero-order valence-corrected chi connectivity index (χ0v) is 18.3. The maximum atomic E-state index is 13.3. The first-order valence-electron chi connectivity index (χ1n) is 10.2. The average molecular weight is 435 g/mol. The molecule has 2 atom stereocenters. The number of fused-ring (bicyclic) bond motifs is 1. The van der Waals surface area contributed by atoms with Crippen molar-refractivity contribution < 1.29 is 18.7 Å². The number of carbonyl (C=O) groups is 2. The van der Waals surface area contributed by atoms with Crippen LogP contribution in [-0.2, 0) is 14.1 Å². The second kappa shape index (κ2) is 8.22. The highest BCUT2D eigenvalue weighted by Crippen LogP contribution is 2.31. The monoisotopic (exact) mass is 435 g/mol. The van der Waals surface area contributed by atoms with Crippen LogP contribution in [0, 0.1) is 0 Å². The molecule has 2 amide bonds. The minimum Gasteiger partial charge on any atom is -0.364 e. The number of amides is 2. The largest absolute Gasteiger partial charge is 0.364 e. The zero-order chi connectivity index (χ0) is 23.0. The molecule has 0 bridgehead atoms. The van der Waals surface area contributed by atoms with Crippen molar-refractivity contribution in [1.82, 2.24) is 9.97 Å². The Morgan fingerprint density at radius 3 is 2.34 bits per heavy atom. The van der Waals surface area contributed by atoms with Crippen LogP contribution in [0.1, 0.15) is 34.6 Å². The van der Waals surface area contributed by atoms with E-state index in [4.69, 9.17) is 0 Å². The van der Waals surface area contributed by atoms with Crippen LogP contribution in [0.2, 0.25) is 0 Å². The molecule has 1 aliphatic rings. The fourth-order valence-corrected chi connectivity index (χ4v) is 3.66. The van der Waals surface area contributed by atoms with Gasteiger partial charge in [-0.3, -0.25) is 29.6 Å². The van der Waals surface area contributed by atoms with Gasteiger partial charge >= 0.3 is 0 Å². The van der Waals surface area contributed by atoms with Gasteiger partial charge in [0.05, 0.1) is 6.04 Å². The second-order valence-electron chi connectivity index (χ2n) is 7.93. The molecule has 32 heavy (non-hydrogen) atoms. The standard InChI is InChI=1S/C22H23N7O3/c1-13-14(2)29(21(32)16-8-6-10-28(4)12-16)17-18(23-13)24-22(26-20(17)31)25-19(30)15-7-5-9-27(3)11-15/h5-14H,1-4H3,(H-2,23,24,25,26,30,31)/p+2/t13-,14+/m0/s1. The fourth-order valence-electron chi connectivity index (χ4n) is 3.66. The molecule has 0 unspecified atom stereocenters.